The van der Waals surface area contributed by atoms with Crippen molar-refractivity contribution in [2.24, 2.45) is 0 Å². The van der Waals surface area contributed by atoms with Crippen LogP contribution in [0.5, 0.6) is 6.01 Å². The van der Waals surface area contributed by atoms with Crippen molar-refractivity contribution < 1.29 is 9.53 Å². The summed E-state index contributed by atoms with van der Waals surface area (Å²) in [6.45, 7) is 0. The largest absolute Gasteiger partial charge is 0.466 e. The molecule has 0 amide bonds. The molecule has 116 valence electrons. The van der Waals surface area contributed by atoms with E-state index in [2.05, 4.69) is 10.1 Å². The molecule has 23 heavy (non-hydrogen) atoms. The lowest BCUT2D eigenvalue weighted by Gasteiger charge is -2.05. The molecule has 0 saturated carbocycles. The van der Waals surface area contributed by atoms with Gasteiger partial charge in [-0.1, -0.05) is 35.3 Å². The van der Waals surface area contributed by atoms with Gasteiger partial charge in [-0.3, -0.25) is 4.79 Å². The predicted molar refractivity (Wildman–Crippen MR) is 88.2 cm³/mol. The van der Waals surface area contributed by atoms with E-state index in [-0.39, 0.29) is 11.9 Å². The van der Waals surface area contributed by atoms with Crippen LogP contribution in [-0.4, -0.2) is 27.8 Å². The summed E-state index contributed by atoms with van der Waals surface area (Å²) in [6.07, 6.45) is 0. The second kappa shape index (κ2) is 6.40. The highest BCUT2D eigenvalue weighted by atomic mass is 35.5. The smallest absolute Gasteiger partial charge is 0.336 e. The van der Waals surface area contributed by atoms with Crippen LogP contribution in [0.25, 0.3) is 11.4 Å². The normalized spacial score (nSPS) is 10.6. The number of ether oxygens (including phenoxy) is 1. The summed E-state index contributed by atoms with van der Waals surface area (Å²) in [6, 6.07) is 13.6. The van der Waals surface area contributed by atoms with Crippen LogP contribution >= 0.6 is 23.2 Å². The molecule has 7 heteroatoms. The quantitative estimate of drug-likeness (QED) is 0.719. The molecule has 0 N–H and O–H groups in total. The highest BCUT2D eigenvalue weighted by molar-refractivity contribution is 6.31. The molecule has 0 fully saturated rings. The van der Waals surface area contributed by atoms with Crippen molar-refractivity contribution in [2.75, 3.05) is 7.11 Å². The number of methoxy groups -OCH3 is 1. The second-order valence-corrected chi connectivity index (χ2v) is 5.53. The zero-order chi connectivity index (χ0) is 16.4. The van der Waals surface area contributed by atoms with E-state index < -0.39 is 0 Å². The molecule has 0 bridgehead atoms. The van der Waals surface area contributed by atoms with E-state index >= 15 is 0 Å². The molecule has 0 radical (unpaired) electrons. The summed E-state index contributed by atoms with van der Waals surface area (Å²) in [5.74, 6) is 0.0109. The molecule has 0 atom stereocenters. The number of benzene rings is 2. The van der Waals surface area contributed by atoms with E-state index in [4.69, 9.17) is 27.9 Å². The molecular formula is C16H11Cl2N3O2. The van der Waals surface area contributed by atoms with Gasteiger partial charge in [-0.05, 0) is 36.4 Å². The van der Waals surface area contributed by atoms with Crippen LogP contribution in [0.3, 0.4) is 0 Å². The van der Waals surface area contributed by atoms with Gasteiger partial charge in [-0.15, -0.1) is 5.10 Å². The van der Waals surface area contributed by atoms with Crippen molar-refractivity contribution in [1.82, 2.24) is 14.8 Å². The van der Waals surface area contributed by atoms with Crippen LogP contribution in [0.15, 0.2) is 48.5 Å². The zero-order valence-corrected chi connectivity index (χ0v) is 13.5. The highest BCUT2D eigenvalue weighted by Gasteiger charge is 2.19. The van der Waals surface area contributed by atoms with Gasteiger partial charge in [-0.2, -0.15) is 9.67 Å². The number of hydrogen-bond donors (Lipinski definition) is 0. The fourth-order valence-electron chi connectivity index (χ4n) is 2.05. The Kier molecular flexibility index (Phi) is 4.32. The van der Waals surface area contributed by atoms with E-state index in [1.54, 1.807) is 48.5 Å². The van der Waals surface area contributed by atoms with Gasteiger partial charge >= 0.3 is 6.01 Å². The highest BCUT2D eigenvalue weighted by Crippen LogP contribution is 2.24. The fourth-order valence-corrected chi connectivity index (χ4v) is 2.37. The van der Waals surface area contributed by atoms with E-state index in [1.807, 2.05) is 0 Å². The number of hydrogen-bond acceptors (Lipinski definition) is 4. The first-order chi connectivity index (χ1) is 11.1. The lowest BCUT2D eigenvalue weighted by Crippen LogP contribution is -2.15. The second-order valence-electron chi connectivity index (χ2n) is 4.66. The minimum Gasteiger partial charge on any atom is -0.466 e. The Morgan fingerprint density at radius 1 is 1.09 bits per heavy atom. The van der Waals surface area contributed by atoms with Crippen molar-refractivity contribution in [2.45, 2.75) is 0 Å². The molecular weight excluding hydrogens is 337 g/mol. The monoisotopic (exact) mass is 347 g/mol. The first-order valence-electron chi connectivity index (χ1n) is 6.66. The van der Waals surface area contributed by atoms with E-state index in [0.29, 0.717) is 27.0 Å². The Morgan fingerprint density at radius 3 is 2.48 bits per heavy atom. The van der Waals surface area contributed by atoms with Crippen molar-refractivity contribution in [1.29, 1.82) is 0 Å². The molecule has 1 heterocycles. The Labute approximate surface area is 142 Å². The number of aromatic nitrogens is 3. The van der Waals surface area contributed by atoms with Gasteiger partial charge in [0.15, 0.2) is 5.82 Å². The molecule has 5 nitrogen and oxygen atoms in total. The Bertz CT molecular complexity index is 860. The average Bonchev–Trinajstić information content (AvgIpc) is 2.99. The summed E-state index contributed by atoms with van der Waals surface area (Å²) in [7, 11) is 1.44. The summed E-state index contributed by atoms with van der Waals surface area (Å²) in [4.78, 5) is 16.9. The van der Waals surface area contributed by atoms with Gasteiger partial charge in [0.05, 0.1) is 7.11 Å². The van der Waals surface area contributed by atoms with E-state index in [9.17, 15) is 4.79 Å². The third kappa shape index (κ3) is 3.21. The lowest BCUT2D eigenvalue weighted by molar-refractivity contribution is 0.0945. The molecule has 3 aromatic rings. The molecule has 0 aliphatic rings. The third-order valence-electron chi connectivity index (χ3n) is 3.14. The van der Waals surface area contributed by atoms with Gasteiger partial charge in [0.1, 0.15) is 0 Å². The van der Waals surface area contributed by atoms with Crippen molar-refractivity contribution in [3.63, 3.8) is 0 Å². The fraction of sp³-hybridized carbons (Fsp3) is 0.0625. The molecule has 2 aromatic carbocycles. The van der Waals surface area contributed by atoms with Crippen molar-refractivity contribution in [3.05, 3.63) is 64.1 Å². The van der Waals surface area contributed by atoms with E-state index in [0.717, 1.165) is 0 Å². The maximum atomic E-state index is 12.7. The Hall–Kier alpha value is -2.37. The number of carbonyl (C=O) groups is 1. The van der Waals surface area contributed by atoms with Gasteiger partial charge < -0.3 is 4.74 Å². The molecule has 0 aliphatic carbocycles. The van der Waals surface area contributed by atoms with Gasteiger partial charge in [-0.25, -0.2) is 0 Å². The zero-order valence-electron chi connectivity index (χ0n) is 12.0. The molecule has 3 rings (SSSR count). The first-order valence-corrected chi connectivity index (χ1v) is 7.41. The number of nitrogens with zero attached hydrogens (tertiary/aromatic N) is 3. The Morgan fingerprint density at radius 2 is 1.83 bits per heavy atom. The van der Waals surface area contributed by atoms with E-state index in [1.165, 1.54) is 11.8 Å². The van der Waals surface area contributed by atoms with Crippen molar-refractivity contribution >= 4 is 29.1 Å². The summed E-state index contributed by atoms with van der Waals surface area (Å²) in [5, 5.41) is 5.18. The summed E-state index contributed by atoms with van der Waals surface area (Å²) in [5.41, 5.74) is 1.10. The summed E-state index contributed by atoms with van der Waals surface area (Å²) < 4.78 is 6.23. The molecule has 0 saturated heterocycles. The maximum absolute atomic E-state index is 12.7. The molecule has 1 aromatic heterocycles. The van der Waals surface area contributed by atoms with Crippen LogP contribution in [0.2, 0.25) is 10.0 Å². The minimum absolute atomic E-state index is 0.0993. The number of carbonyl (C=O) groups excluding carboxylic acids is 1. The van der Waals surface area contributed by atoms with Crippen LogP contribution < -0.4 is 4.74 Å². The van der Waals surface area contributed by atoms with Crippen LogP contribution in [0.4, 0.5) is 0 Å². The average molecular weight is 348 g/mol. The predicted octanol–water partition coefficient (Wildman–Crippen LogP) is 3.95. The van der Waals surface area contributed by atoms with Crippen molar-refractivity contribution in [3.8, 4) is 17.4 Å². The van der Waals surface area contributed by atoms with Gasteiger partial charge in [0.2, 0.25) is 0 Å². The topological polar surface area (TPSA) is 57.0 Å². The number of rotatable bonds is 3. The van der Waals surface area contributed by atoms with Crippen LogP contribution in [0, 0.1) is 0 Å². The van der Waals surface area contributed by atoms with Gasteiger partial charge in [0.25, 0.3) is 5.91 Å². The third-order valence-corrected chi connectivity index (χ3v) is 3.62. The lowest BCUT2D eigenvalue weighted by atomic mass is 10.2. The molecule has 0 unspecified atom stereocenters. The Balaban J connectivity index is 2.09. The SMILES string of the molecule is COc1nc(-c2cccc(Cl)c2)n(C(=O)c2ccc(Cl)cc2)n1. The number of halogens is 2. The maximum Gasteiger partial charge on any atom is 0.336 e. The first kappa shape index (κ1) is 15.5. The van der Waals surface area contributed by atoms with Crippen LogP contribution in [-0.2, 0) is 0 Å². The standard InChI is InChI=1S/C16H11Cl2N3O2/c1-23-16-19-14(11-3-2-4-13(18)9-11)21(20-16)15(22)10-5-7-12(17)8-6-10/h2-9H,1H3. The van der Waals surface area contributed by atoms with Gasteiger partial charge in [0, 0.05) is 21.2 Å². The van der Waals surface area contributed by atoms with Crippen LogP contribution in [0.1, 0.15) is 10.4 Å². The molecule has 0 aliphatic heterocycles. The molecule has 0 spiro atoms. The summed E-state index contributed by atoms with van der Waals surface area (Å²) >= 11 is 11.9. The minimum atomic E-state index is -0.340.